The molecule has 0 aliphatic rings. The molecule has 0 fully saturated rings. The van der Waals surface area contributed by atoms with Crippen molar-refractivity contribution in [2.75, 3.05) is 0 Å². The molecule has 0 aliphatic carbocycles. The van der Waals surface area contributed by atoms with Gasteiger partial charge in [0.1, 0.15) is 5.75 Å². The fourth-order valence-electron chi connectivity index (χ4n) is 4.08. The predicted molar refractivity (Wildman–Crippen MR) is 131 cm³/mol. The number of H-pyrrole nitrogens is 1. The van der Waals surface area contributed by atoms with Crippen LogP contribution in [0, 0.1) is 6.92 Å². The lowest BCUT2D eigenvalue weighted by Gasteiger charge is -2.06. The van der Waals surface area contributed by atoms with Gasteiger partial charge in [-0.3, -0.25) is 5.10 Å². The summed E-state index contributed by atoms with van der Waals surface area (Å²) in [6.45, 7) is 2.11. The summed E-state index contributed by atoms with van der Waals surface area (Å²) in [4.78, 5) is 4.24. The van der Waals surface area contributed by atoms with E-state index in [9.17, 15) is 0 Å². The van der Waals surface area contributed by atoms with E-state index in [0.717, 1.165) is 33.8 Å². The second-order valence-corrected chi connectivity index (χ2v) is 8.76. The monoisotopic (exact) mass is 433 g/mol. The minimum Gasteiger partial charge on any atom is -0.439 e. The molecule has 0 bridgehead atoms. The van der Waals surface area contributed by atoms with Gasteiger partial charge in [-0.25, -0.2) is 4.98 Å². The lowest BCUT2D eigenvalue weighted by atomic mass is 10.0. The zero-order chi connectivity index (χ0) is 21.5. The van der Waals surface area contributed by atoms with E-state index in [4.69, 9.17) is 4.74 Å². The molecule has 3 aromatic heterocycles. The van der Waals surface area contributed by atoms with Crippen molar-refractivity contribution in [1.82, 2.24) is 15.2 Å². The Labute approximate surface area is 189 Å². The van der Waals surface area contributed by atoms with E-state index >= 15 is 0 Å². The Hall–Kier alpha value is -3.96. The molecule has 32 heavy (non-hydrogen) atoms. The molecule has 154 valence electrons. The first kappa shape index (κ1) is 18.8. The molecular weight excluding hydrogens is 414 g/mol. The summed E-state index contributed by atoms with van der Waals surface area (Å²) >= 11 is 1.83. The summed E-state index contributed by atoms with van der Waals surface area (Å²) in [5, 5.41) is 10.5. The second kappa shape index (κ2) is 7.62. The van der Waals surface area contributed by atoms with Crippen LogP contribution >= 0.6 is 11.3 Å². The topological polar surface area (TPSA) is 50.8 Å². The van der Waals surface area contributed by atoms with Crippen molar-refractivity contribution in [3.8, 4) is 34.1 Å². The number of nitrogens with zero attached hydrogens (tertiary/aromatic N) is 2. The second-order valence-electron chi connectivity index (χ2n) is 7.68. The Kier molecular flexibility index (Phi) is 4.47. The first-order valence-electron chi connectivity index (χ1n) is 10.4. The number of ether oxygens (including phenoxy) is 1. The smallest absolute Gasteiger partial charge is 0.219 e. The van der Waals surface area contributed by atoms with Gasteiger partial charge in [-0.15, -0.1) is 11.3 Å². The van der Waals surface area contributed by atoms with Crippen molar-refractivity contribution in [1.29, 1.82) is 0 Å². The van der Waals surface area contributed by atoms with E-state index < -0.39 is 0 Å². The van der Waals surface area contributed by atoms with Gasteiger partial charge in [0.15, 0.2) is 0 Å². The lowest BCUT2D eigenvalue weighted by molar-refractivity contribution is 0.463. The number of thiophene rings is 1. The lowest BCUT2D eigenvalue weighted by Crippen LogP contribution is -1.88. The third kappa shape index (κ3) is 3.24. The van der Waals surface area contributed by atoms with Crippen LogP contribution in [0.25, 0.3) is 42.7 Å². The van der Waals surface area contributed by atoms with Crippen LogP contribution < -0.4 is 4.74 Å². The van der Waals surface area contributed by atoms with Gasteiger partial charge in [0.05, 0.1) is 11.4 Å². The number of fused-ring (bicyclic) bond motifs is 3. The fourth-order valence-corrected chi connectivity index (χ4v) is 5.22. The van der Waals surface area contributed by atoms with E-state index in [2.05, 4.69) is 64.6 Å². The molecule has 0 amide bonds. The summed E-state index contributed by atoms with van der Waals surface area (Å²) in [5.41, 5.74) is 5.21. The molecular formula is C27H19N3OS. The maximum Gasteiger partial charge on any atom is 0.219 e. The number of aromatic nitrogens is 3. The quantitative estimate of drug-likeness (QED) is 0.311. The SMILES string of the molecule is Cc1c(-c2cccc(Oc3ccccn3)c2)n[nH]c1-c1ccc2c(c1)sc1ccccc12. The zero-order valence-electron chi connectivity index (χ0n) is 17.4. The summed E-state index contributed by atoms with van der Waals surface area (Å²) in [6.07, 6.45) is 1.72. The highest BCUT2D eigenvalue weighted by Crippen LogP contribution is 2.38. The van der Waals surface area contributed by atoms with Crippen LogP contribution in [-0.2, 0) is 0 Å². The van der Waals surface area contributed by atoms with Crippen molar-refractivity contribution in [2.24, 2.45) is 0 Å². The molecule has 0 saturated carbocycles. The minimum atomic E-state index is 0.570. The Morgan fingerprint density at radius 3 is 2.56 bits per heavy atom. The van der Waals surface area contributed by atoms with Crippen molar-refractivity contribution in [3.05, 3.63) is 96.7 Å². The van der Waals surface area contributed by atoms with Gasteiger partial charge in [0.2, 0.25) is 5.88 Å². The summed E-state index contributed by atoms with van der Waals surface area (Å²) in [5.74, 6) is 1.30. The van der Waals surface area contributed by atoms with E-state index in [1.165, 1.54) is 20.2 Å². The van der Waals surface area contributed by atoms with Crippen LogP contribution in [0.5, 0.6) is 11.6 Å². The first-order chi connectivity index (χ1) is 15.8. The van der Waals surface area contributed by atoms with Gasteiger partial charge in [0.25, 0.3) is 0 Å². The molecule has 0 unspecified atom stereocenters. The number of rotatable bonds is 4. The Morgan fingerprint density at radius 2 is 1.66 bits per heavy atom. The molecule has 0 aliphatic heterocycles. The molecule has 1 N–H and O–H groups in total. The zero-order valence-corrected chi connectivity index (χ0v) is 18.2. The highest BCUT2D eigenvalue weighted by molar-refractivity contribution is 7.25. The van der Waals surface area contributed by atoms with Crippen LogP contribution in [0.15, 0.2) is 91.1 Å². The third-order valence-corrected chi connectivity index (χ3v) is 6.78. The van der Waals surface area contributed by atoms with Crippen molar-refractivity contribution in [3.63, 3.8) is 0 Å². The maximum absolute atomic E-state index is 5.90. The van der Waals surface area contributed by atoms with E-state index in [1.54, 1.807) is 6.20 Å². The van der Waals surface area contributed by atoms with Crippen LogP contribution in [0.4, 0.5) is 0 Å². The minimum absolute atomic E-state index is 0.570. The molecule has 5 heteroatoms. The van der Waals surface area contributed by atoms with E-state index in [1.807, 2.05) is 53.8 Å². The van der Waals surface area contributed by atoms with Gasteiger partial charge in [0, 0.05) is 49.1 Å². The van der Waals surface area contributed by atoms with Gasteiger partial charge in [-0.05, 0) is 37.3 Å². The summed E-state index contributed by atoms with van der Waals surface area (Å²) < 4.78 is 8.49. The Balaban J connectivity index is 1.37. The van der Waals surface area contributed by atoms with Crippen LogP contribution in [-0.4, -0.2) is 15.2 Å². The molecule has 0 saturated heterocycles. The van der Waals surface area contributed by atoms with Gasteiger partial charge in [-0.1, -0.05) is 48.5 Å². The predicted octanol–water partition coefficient (Wildman–Crippen LogP) is 7.61. The normalized spacial score (nSPS) is 11.3. The average Bonchev–Trinajstić information content (AvgIpc) is 3.39. The van der Waals surface area contributed by atoms with Crippen molar-refractivity contribution < 1.29 is 4.74 Å². The Bertz CT molecular complexity index is 1570. The van der Waals surface area contributed by atoms with Crippen LogP contribution in [0.3, 0.4) is 0 Å². The summed E-state index contributed by atoms with van der Waals surface area (Å²) in [6, 6.07) is 28.8. The third-order valence-electron chi connectivity index (χ3n) is 5.64. The highest BCUT2D eigenvalue weighted by Gasteiger charge is 2.15. The van der Waals surface area contributed by atoms with Gasteiger partial charge >= 0.3 is 0 Å². The number of hydrogen-bond donors (Lipinski definition) is 1. The molecule has 0 atom stereocenters. The molecule has 4 nitrogen and oxygen atoms in total. The Morgan fingerprint density at radius 1 is 0.781 bits per heavy atom. The summed E-state index contributed by atoms with van der Waals surface area (Å²) in [7, 11) is 0. The molecule has 0 radical (unpaired) electrons. The molecule has 6 rings (SSSR count). The van der Waals surface area contributed by atoms with Gasteiger partial charge < -0.3 is 4.74 Å². The average molecular weight is 434 g/mol. The number of aromatic amines is 1. The molecule has 3 heterocycles. The van der Waals surface area contributed by atoms with Crippen LogP contribution in [0.1, 0.15) is 5.56 Å². The number of pyridine rings is 1. The molecule has 6 aromatic rings. The maximum atomic E-state index is 5.90. The van der Waals surface area contributed by atoms with Crippen molar-refractivity contribution >= 4 is 31.5 Å². The fraction of sp³-hybridized carbons (Fsp3) is 0.0370. The number of benzene rings is 3. The van der Waals surface area contributed by atoms with Gasteiger partial charge in [-0.2, -0.15) is 5.10 Å². The number of nitrogens with one attached hydrogen (secondary N) is 1. The number of hydrogen-bond acceptors (Lipinski definition) is 4. The standard InChI is InChI=1S/C27H19N3OS/c1-17-26(18-7-6-8-20(15-18)31-25-11-4-5-14-28-25)29-30-27(17)19-12-13-22-21-9-2-3-10-23(21)32-24(22)16-19/h2-16H,1H3,(H,29,30). The van der Waals surface area contributed by atoms with Crippen molar-refractivity contribution in [2.45, 2.75) is 6.92 Å². The van der Waals surface area contributed by atoms with E-state index in [-0.39, 0.29) is 0 Å². The van der Waals surface area contributed by atoms with Crippen LogP contribution in [0.2, 0.25) is 0 Å². The molecule has 0 spiro atoms. The highest BCUT2D eigenvalue weighted by atomic mass is 32.1. The largest absolute Gasteiger partial charge is 0.439 e. The van der Waals surface area contributed by atoms with E-state index in [0.29, 0.717) is 5.88 Å². The first-order valence-corrected chi connectivity index (χ1v) is 11.2. The molecule has 3 aromatic carbocycles.